The molecule has 1 N–H and O–H groups in total. The van der Waals surface area contributed by atoms with Crippen molar-refractivity contribution in [1.29, 1.82) is 0 Å². The van der Waals surface area contributed by atoms with Gasteiger partial charge in [0.25, 0.3) is 0 Å². The second kappa shape index (κ2) is 9.36. The summed E-state index contributed by atoms with van der Waals surface area (Å²) >= 11 is 1.74. The van der Waals surface area contributed by atoms with E-state index in [1.165, 1.54) is 12.1 Å². The molecule has 4 heteroatoms. The van der Waals surface area contributed by atoms with Crippen LogP contribution in [0.25, 0.3) is 0 Å². The Kier molecular flexibility index (Phi) is 8.05. The van der Waals surface area contributed by atoms with Crippen molar-refractivity contribution in [2.24, 2.45) is 0 Å². The van der Waals surface area contributed by atoms with Gasteiger partial charge in [0.15, 0.2) is 0 Å². The Bertz CT molecular complexity index is 316. The third-order valence-corrected chi connectivity index (χ3v) is 3.32. The molecule has 0 saturated heterocycles. The van der Waals surface area contributed by atoms with E-state index in [9.17, 15) is 4.39 Å². The number of thioether (sulfide) groups is 1. The summed E-state index contributed by atoms with van der Waals surface area (Å²) in [4.78, 5) is 1.11. The molecule has 102 valence electrons. The molecule has 2 nitrogen and oxygen atoms in total. The summed E-state index contributed by atoms with van der Waals surface area (Å²) in [7, 11) is 0. The lowest BCUT2D eigenvalue weighted by Gasteiger charge is -2.08. The topological polar surface area (TPSA) is 21.3 Å². The summed E-state index contributed by atoms with van der Waals surface area (Å²) < 4.78 is 18.1. The van der Waals surface area contributed by atoms with Gasteiger partial charge in [0.05, 0.1) is 6.10 Å². The van der Waals surface area contributed by atoms with Crippen molar-refractivity contribution < 1.29 is 9.13 Å². The van der Waals surface area contributed by atoms with Crippen LogP contribution < -0.4 is 5.32 Å². The first-order valence-electron chi connectivity index (χ1n) is 6.39. The molecule has 1 aromatic rings. The monoisotopic (exact) mass is 271 g/mol. The third kappa shape index (κ3) is 7.69. The van der Waals surface area contributed by atoms with Crippen LogP contribution in [0.1, 0.15) is 20.3 Å². The van der Waals surface area contributed by atoms with Gasteiger partial charge in [-0.2, -0.15) is 0 Å². The second-order valence-electron chi connectivity index (χ2n) is 4.33. The van der Waals surface area contributed by atoms with Gasteiger partial charge in [-0.15, -0.1) is 11.8 Å². The normalized spacial score (nSPS) is 11.1. The van der Waals surface area contributed by atoms with Gasteiger partial charge >= 0.3 is 0 Å². The first-order chi connectivity index (χ1) is 8.68. The SMILES string of the molecule is CC(C)OCCCNCCSc1ccc(F)cc1. The maximum absolute atomic E-state index is 12.7. The fraction of sp³-hybridized carbons (Fsp3) is 0.571. The van der Waals surface area contributed by atoms with Gasteiger partial charge in [-0.3, -0.25) is 0 Å². The molecule has 18 heavy (non-hydrogen) atoms. The average molecular weight is 271 g/mol. The highest BCUT2D eigenvalue weighted by atomic mass is 32.2. The molecule has 0 spiro atoms. The van der Waals surface area contributed by atoms with Crippen molar-refractivity contribution >= 4 is 11.8 Å². The Balaban J connectivity index is 1.94. The predicted octanol–water partition coefficient (Wildman–Crippen LogP) is 3.32. The maximum atomic E-state index is 12.7. The quantitative estimate of drug-likeness (QED) is 0.550. The molecule has 0 fully saturated rings. The van der Waals surface area contributed by atoms with E-state index < -0.39 is 0 Å². The zero-order chi connectivity index (χ0) is 13.2. The zero-order valence-corrected chi connectivity index (χ0v) is 11.9. The molecule has 0 aromatic heterocycles. The van der Waals surface area contributed by atoms with Crippen LogP contribution in [0, 0.1) is 5.82 Å². The number of hydrogen-bond acceptors (Lipinski definition) is 3. The molecular formula is C14H22FNOS. The lowest BCUT2D eigenvalue weighted by molar-refractivity contribution is 0.0772. The standard InChI is InChI=1S/C14H22FNOS/c1-12(2)17-10-3-8-16-9-11-18-14-6-4-13(15)5-7-14/h4-7,12,16H,3,8-11H2,1-2H3. The Labute approximate surface area is 113 Å². The first-order valence-corrected chi connectivity index (χ1v) is 7.37. The molecule has 0 bridgehead atoms. The lowest BCUT2D eigenvalue weighted by atomic mass is 10.4. The summed E-state index contributed by atoms with van der Waals surface area (Å²) in [5, 5.41) is 3.37. The van der Waals surface area contributed by atoms with Crippen LogP contribution in [0.2, 0.25) is 0 Å². The molecule has 0 aliphatic heterocycles. The van der Waals surface area contributed by atoms with Gasteiger partial charge in [-0.25, -0.2) is 4.39 Å². The molecule has 0 heterocycles. The van der Waals surface area contributed by atoms with E-state index >= 15 is 0 Å². The average Bonchev–Trinajstić information content (AvgIpc) is 2.34. The largest absolute Gasteiger partial charge is 0.379 e. The minimum Gasteiger partial charge on any atom is -0.379 e. The van der Waals surface area contributed by atoms with Crippen molar-refractivity contribution in [3.63, 3.8) is 0 Å². The Morgan fingerprint density at radius 1 is 1.22 bits per heavy atom. The highest BCUT2D eigenvalue weighted by Crippen LogP contribution is 2.16. The maximum Gasteiger partial charge on any atom is 0.123 e. The summed E-state index contributed by atoms with van der Waals surface area (Å²) in [5.41, 5.74) is 0. The molecule has 0 aliphatic carbocycles. The second-order valence-corrected chi connectivity index (χ2v) is 5.49. The van der Waals surface area contributed by atoms with E-state index in [2.05, 4.69) is 5.32 Å². The fourth-order valence-corrected chi connectivity index (χ4v) is 2.22. The van der Waals surface area contributed by atoms with Crippen LogP contribution in [-0.4, -0.2) is 31.6 Å². The van der Waals surface area contributed by atoms with Gasteiger partial charge in [0, 0.05) is 23.8 Å². The van der Waals surface area contributed by atoms with Crippen LogP contribution in [-0.2, 0) is 4.74 Å². The van der Waals surface area contributed by atoms with E-state index in [0.717, 1.165) is 36.8 Å². The van der Waals surface area contributed by atoms with Gasteiger partial charge in [0.1, 0.15) is 5.82 Å². The van der Waals surface area contributed by atoms with Crippen LogP contribution >= 0.6 is 11.8 Å². The van der Waals surface area contributed by atoms with E-state index in [4.69, 9.17) is 4.74 Å². The number of rotatable bonds is 9. The van der Waals surface area contributed by atoms with Crippen LogP contribution in [0.5, 0.6) is 0 Å². The first kappa shape index (κ1) is 15.5. The number of hydrogen-bond donors (Lipinski definition) is 1. The molecule has 0 amide bonds. The van der Waals surface area contributed by atoms with Crippen molar-refractivity contribution in [1.82, 2.24) is 5.32 Å². The number of benzene rings is 1. The molecule has 0 unspecified atom stereocenters. The smallest absolute Gasteiger partial charge is 0.123 e. The number of nitrogens with one attached hydrogen (secondary N) is 1. The molecular weight excluding hydrogens is 249 g/mol. The van der Waals surface area contributed by atoms with Crippen molar-refractivity contribution in [3.05, 3.63) is 30.1 Å². The minimum atomic E-state index is -0.178. The molecule has 0 radical (unpaired) electrons. The van der Waals surface area contributed by atoms with Crippen molar-refractivity contribution in [2.45, 2.75) is 31.3 Å². The number of ether oxygens (including phenoxy) is 1. The van der Waals surface area contributed by atoms with Gasteiger partial charge in [0.2, 0.25) is 0 Å². The van der Waals surface area contributed by atoms with Crippen molar-refractivity contribution in [3.8, 4) is 0 Å². The summed E-state index contributed by atoms with van der Waals surface area (Å²) in [5.74, 6) is 0.819. The predicted molar refractivity (Wildman–Crippen MR) is 75.7 cm³/mol. The fourth-order valence-electron chi connectivity index (χ4n) is 1.41. The lowest BCUT2D eigenvalue weighted by Crippen LogP contribution is -2.20. The summed E-state index contributed by atoms with van der Waals surface area (Å²) in [6, 6.07) is 6.63. The third-order valence-electron chi connectivity index (χ3n) is 2.31. The summed E-state index contributed by atoms with van der Waals surface area (Å²) in [6.07, 6.45) is 1.36. The number of halogens is 1. The molecule has 0 aliphatic rings. The van der Waals surface area contributed by atoms with Gasteiger partial charge in [-0.05, 0) is 51.1 Å². The zero-order valence-electron chi connectivity index (χ0n) is 11.1. The highest BCUT2D eigenvalue weighted by Gasteiger charge is 1.96. The van der Waals surface area contributed by atoms with E-state index in [1.54, 1.807) is 11.8 Å². The van der Waals surface area contributed by atoms with E-state index in [-0.39, 0.29) is 5.82 Å². The van der Waals surface area contributed by atoms with Gasteiger partial charge in [-0.1, -0.05) is 0 Å². The summed E-state index contributed by atoms with van der Waals surface area (Å²) in [6.45, 7) is 6.86. The molecule has 1 aromatic carbocycles. The highest BCUT2D eigenvalue weighted by molar-refractivity contribution is 7.99. The Hall–Kier alpha value is -0.580. The molecule has 1 rings (SSSR count). The Morgan fingerprint density at radius 3 is 2.61 bits per heavy atom. The van der Waals surface area contributed by atoms with E-state index in [0.29, 0.717) is 6.10 Å². The minimum absolute atomic E-state index is 0.178. The van der Waals surface area contributed by atoms with E-state index in [1.807, 2.05) is 26.0 Å². The molecule has 0 atom stereocenters. The van der Waals surface area contributed by atoms with Crippen LogP contribution in [0.15, 0.2) is 29.2 Å². The van der Waals surface area contributed by atoms with Crippen LogP contribution in [0.3, 0.4) is 0 Å². The van der Waals surface area contributed by atoms with Crippen LogP contribution in [0.4, 0.5) is 4.39 Å². The van der Waals surface area contributed by atoms with Crippen molar-refractivity contribution in [2.75, 3.05) is 25.4 Å². The molecule has 0 saturated carbocycles. The Morgan fingerprint density at radius 2 is 1.94 bits per heavy atom. The van der Waals surface area contributed by atoms with Gasteiger partial charge < -0.3 is 10.1 Å².